The number of guanidine groups is 1. The van der Waals surface area contributed by atoms with E-state index in [4.69, 9.17) is 22.9 Å². The second-order valence-electron chi connectivity index (χ2n) is 11.8. The number of carbonyl (C=O) groups is 8. The highest BCUT2D eigenvalue weighted by Crippen LogP contribution is 2.19. The van der Waals surface area contributed by atoms with E-state index in [1.165, 1.54) is 6.92 Å². The van der Waals surface area contributed by atoms with Crippen LogP contribution in [0.15, 0.2) is 4.99 Å². The molecule has 6 amide bonds. The Kier molecular flexibility index (Phi) is 19.5. The quantitative estimate of drug-likeness (QED) is 0.0265. The average Bonchev–Trinajstić information content (AvgIpc) is 3.57. The van der Waals surface area contributed by atoms with E-state index in [0.717, 1.165) is 4.90 Å². The summed E-state index contributed by atoms with van der Waals surface area (Å²) in [5, 5.41) is 40.5. The lowest BCUT2D eigenvalue weighted by atomic mass is 10.1. The first-order valence-electron chi connectivity index (χ1n) is 16.4. The van der Waals surface area contributed by atoms with Crippen LogP contribution in [-0.2, 0) is 38.4 Å². The molecule has 6 unspecified atom stereocenters. The Bertz CT molecular complexity index is 1280. The van der Waals surface area contributed by atoms with Gasteiger partial charge in [0.15, 0.2) is 5.96 Å². The number of nitrogens with one attached hydrogen (secondary N) is 5. The van der Waals surface area contributed by atoms with E-state index >= 15 is 0 Å². The third kappa shape index (κ3) is 15.6. The zero-order valence-electron chi connectivity index (χ0n) is 28.5. The Balaban J connectivity index is 2.99. The maximum absolute atomic E-state index is 13.4. The van der Waals surface area contributed by atoms with E-state index in [2.05, 4.69) is 31.6 Å². The van der Waals surface area contributed by atoms with Gasteiger partial charge >= 0.3 is 11.9 Å². The van der Waals surface area contributed by atoms with E-state index in [0.29, 0.717) is 25.8 Å². The van der Waals surface area contributed by atoms with Crippen molar-refractivity contribution < 1.29 is 53.7 Å². The SMILES string of the molecule is CC(NC(=O)C(CCCN=C(N)N)NC(=O)CN)C(=O)NC(CC(=O)O)C(=O)NC(CO)C(=O)N1CCCC1C(=O)NC(CCCCN)C(=O)O. The number of carboxylic acids is 2. The van der Waals surface area contributed by atoms with Gasteiger partial charge in [-0.15, -0.1) is 0 Å². The fraction of sp³-hybridized carbons (Fsp3) is 0.690. The molecule has 0 aromatic rings. The Hall–Kier alpha value is -5.09. The number of carbonyl (C=O) groups excluding carboxylic acids is 6. The Morgan fingerprint density at radius 2 is 1.43 bits per heavy atom. The highest BCUT2D eigenvalue weighted by molar-refractivity contribution is 5.98. The number of nitrogens with zero attached hydrogens (tertiary/aromatic N) is 2. The van der Waals surface area contributed by atoms with Crippen LogP contribution in [0.4, 0.5) is 0 Å². The normalized spacial score (nSPS) is 16.7. The number of aliphatic carboxylic acids is 2. The number of amides is 6. The van der Waals surface area contributed by atoms with Gasteiger partial charge in [-0.05, 0) is 58.4 Å². The summed E-state index contributed by atoms with van der Waals surface area (Å²) >= 11 is 0. The van der Waals surface area contributed by atoms with E-state index in [-0.39, 0.29) is 44.7 Å². The molecule has 0 spiro atoms. The third-order valence-electron chi connectivity index (χ3n) is 7.74. The molecule has 0 aromatic heterocycles. The van der Waals surface area contributed by atoms with Crippen molar-refractivity contribution in [3.8, 4) is 0 Å². The predicted molar refractivity (Wildman–Crippen MR) is 179 cm³/mol. The summed E-state index contributed by atoms with van der Waals surface area (Å²) in [6, 6.07) is -8.30. The van der Waals surface area contributed by atoms with Crippen molar-refractivity contribution in [3.63, 3.8) is 0 Å². The molecule has 1 rings (SSSR count). The molecule has 288 valence electrons. The van der Waals surface area contributed by atoms with E-state index in [9.17, 15) is 53.7 Å². The molecule has 6 atom stereocenters. The van der Waals surface area contributed by atoms with Gasteiger partial charge in [0.05, 0.1) is 19.6 Å². The lowest BCUT2D eigenvalue weighted by Crippen LogP contribution is -2.60. The number of carboxylic acid groups (broad SMARTS) is 2. The van der Waals surface area contributed by atoms with Gasteiger partial charge in [-0.2, -0.15) is 0 Å². The van der Waals surface area contributed by atoms with Gasteiger partial charge in [0.1, 0.15) is 36.3 Å². The Labute approximate surface area is 293 Å². The van der Waals surface area contributed by atoms with Crippen LogP contribution in [-0.4, -0.2) is 143 Å². The van der Waals surface area contributed by atoms with Crippen LogP contribution in [0.2, 0.25) is 0 Å². The van der Waals surface area contributed by atoms with E-state index in [1.54, 1.807) is 0 Å². The van der Waals surface area contributed by atoms with Crippen LogP contribution >= 0.6 is 0 Å². The van der Waals surface area contributed by atoms with Crippen LogP contribution in [0.3, 0.4) is 0 Å². The molecule has 1 fully saturated rings. The Morgan fingerprint density at radius 3 is 2.00 bits per heavy atom. The lowest BCUT2D eigenvalue weighted by Gasteiger charge is -2.29. The first-order chi connectivity index (χ1) is 24.1. The molecule has 22 heteroatoms. The summed E-state index contributed by atoms with van der Waals surface area (Å²) in [4.78, 5) is 105. The van der Waals surface area contributed by atoms with Crippen molar-refractivity contribution in [3.05, 3.63) is 0 Å². The monoisotopic (exact) mass is 729 g/mol. The number of aliphatic hydroxyl groups is 1. The first-order valence-corrected chi connectivity index (χ1v) is 16.4. The summed E-state index contributed by atoms with van der Waals surface area (Å²) in [6.45, 7) is 0.357. The maximum atomic E-state index is 13.4. The molecule has 0 saturated carbocycles. The van der Waals surface area contributed by atoms with E-state index < -0.39 is 103 Å². The van der Waals surface area contributed by atoms with Crippen molar-refractivity contribution in [1.82, 2.24) is 31.5 Å². The summed E-state index contributed by atoms with van der Waals surface area (Å²) < 4.78 is 0. The molecule has 22 nitrogen and oxygen atoms in total. The smallest absolute Gasteiger partial charge is 0.326 e. The molecule has 51 heavy (non-hydrogen) atoms. The Morgan fingerprint density at radius 1 is 0.804 bits per heavy atom. The number of aliphatic imine (C=N–C) groups is 1. The minimum atomic E-state index is -1.79. The average molecular weight is 730 g/mol. The molecular formula is C29H51N11O11. The van der Waals surface area contributed by atoms with Crippen LogP contribution in [0.1, 0.15) is 58.3 Å². The predicted octanol–water partition coefficient (Wildman–Crippen LogP) is -5.89. The molecule has 1 heterocycles. The minimum absolute atomic E-state index is 0.0434. The molecule has 0 bridgehead atoms. The highest BCUT2D eigenvalue weighted by Gasteiger charge is 2.39. The molecule has 0 aliphatic carbocycles. The topological polar surface area (TPSA) is 377 Å². The molecule has 0 aromatic carbocycles. The van der Waals surface area contributed by atoms with Crippen molar-refractivity contribution in [1.29, 1.82) is 0 Å². The number of likely N-dealkylation sites (tertiary alicyclic amines) is 1. The van der Waals surface area contributed by atoms with E-state index in [1.807, 2.05) is 0 Å². The number of nitrogens with two attached hydrogens (primary N) is 4. The molecule has 1 aliphatic heterocycles. The molecule has 1 aliphatic rings. The van der Waals surface area contributed by atoms with Crippen LogP contribution in [0.25, 0.3) is 0 Å². The van der Waals surface area contributed by atoms with Crippen molar-refractivity contribution >= 4 is 53.3 Å². The molecule has 16 N–H and O–H groups in total. The number of hydrogen-bond acceptors (Lipinski definition) is 12. The third-order valence-corrected chi connectivity index (χ3v) is 7.74. The summed E-state index contributed by atoms with van der Waals surface area (Å²) in [6.07, 6.45) is 0.974. The maximum Gasteiger partial charge on any atom is 0.326 e. The van der Waals surface area contributed by atoms with Gasteiger partial charge in [0.25, 0.3) is 0 Å². The van der Waals surface area contributed by atoms with Crippen LogP contribution in [0.5, 0.6) is 0 Å². The number of hydrogen-bond donors (Lipinski definition) is 12. The largest absolute Gasteiger partial charge is 0.481 e. The standard InChI is InChI=1S/C29H51N11O11/c1-15(35-24(46)16(36-21(42)13-31)7-4-10-34-29(32)33)23(45)38-18(12-22(43)44)25(47)39-19(14-41)27(49)40-11-5-8-20(40)26(48)37-17(28(50)51)6-2-3-9-30/h15-20,41H,2-14,30-31H2,1H3,(H,35,46)(H,36,42)(H,37,48)(H,38,45)(H,39,47)(H,43,44)(H,50,51)(H4,32,33,34). The first kappa shape index (κ1) is 43.9. The minimum Gasteiger partial charge on any atom is -0.481 e. The molecular weight excluding hydrogens is 678 g/mol. The van der Waals surface area contributed by atoms with Gasteiger partial charge in [-0.3, -0.25) is 38.6 Å². The summed E-state index contributed by atoms with van der Waals surface area (Å²) in [5.41, 5.74) is 21.3. The fourth-order valence-corrected chi connectivity index (χ4v) is 5.06. The number of aliphatic hydroxyl groups excluding tert-OH is 1. The van der Waals surface area contributed by atoms with Crippen molar-refractivity contribution in [2.75, 3.05) is 32.8 Å². The number of rotatable bonds is 23. The highest BCUT2D eigenvalue weighted by atomic mass is 16.4. The summed E-state index contributed by atoms with van der Waals surface area (Å²) in [7, 11) is 0. The van der Waals surface area contributed by atoms with Gasteiger partial charge < -0.3 is 69.7 Å². The van der Waals surface area contributed by atoms with Crippen molar-refractivity contribution in [2.24, 2.45) is 27.9 Å². The zero-order chi connectivity index (χ0) is 38.7. The van der Waals surface area contributed by atoms with Gasteiger partial charge in [-0.25, -0.2) is 4.79 Å². The lowest BCUT2D eigenvalue weighted by molar-refractivity contribution is -0.145. The zero-order valence-corrected chi connectivity index (χ0v) is 28.5. The van der Waals surface area contributed by atoms with Gasteiger partial charge in [-0.1, -0.05) is 0 Å². The van der Waals surface area contributed by atoms with Crippen LogP contribution < -0.4 is 49.5 Å². The second-order valence-corrected chi connectivity index (χ2v) is 11.8. The van der Waals surface area contributed by atoms with Gasteiger partial charge in [0.2, 0.25) is 35.4 Å². The second kappa shape index (κ2) is 22.6. The number of unbranched alkanes of at least 4 members (excludes halogenated alkanes) is 1. The molecule has 0 radical (unpaired) electrons. The summed E-state index contributed by atoms with van der Waals surface area (Å²) in [5.74, 6) is -8.24. The van der Waals surface area contributed by atoms with Gasteiger partial charge in [0, 0.05) is 13.1 Å². The molecule has 1 saturated heterocycles. The van der Waals surface area contributed by atoms with Crippen LogP contribution in [0, 0.1) is 0 Å². The fourth-order valence-electron chi connectivity index (χ4n) is 5.06. The van der Waals surface area contributed by atoms with Crippen molar-refractivity contribution in [2.45, 2.75) is 94.5 Å².